The quantitative estimate of drug-likeness (QED) is 0.154. The van der Waals surface area contributed by atoms with Gasteiger partial charge < -0.3 is 28.4 Å². The fourth-order valence-corrected chi connectivity index (χ4v) is 3.42. The Morgan fingerprint density at radius 2 is 1.61 bits per heavy atom. The van der Waals surface area contributed by atoms with Gasteiger partial charge in [0, 0.05) is 18.7 Å². The summed E-state index contributed by atoms with van der Waals surface area (Å²) in [6, 6.07) is 10.5. The highest BCUT2D eigenvalue weighted by atomic mass is 35.5. The van der Waals surface area contributed by atoms with Gasteiger partial charge in [-0.2, -0.15) is 0 Å². The van der Waals surface area contributed by atoms with Crippen LogP contribution in [-0.4, -0.2) is 53.2 Å². The Labute approximate surface area is 204 Å². The van der Waals surface area contributed by atoms with Crippen molar-refractivity contribution in [1.29, 1.82) is 0 Å². The lowest BCUT2D eigenvalue weighted by molar-refractivity contribution is -0.133. The lowest BCUT2D eigenvalue weighted by Crippen LogP contribution is -2.11. The Morgan fingerprint density at radius 1 is 0.939 bits per heavy atom. The van der Waals surface area contributed by atoms with Gasteiger partial charge in [0.2, 0.25) is 0 Å². The zero-order valence-corrected chi connectivity index (χ0v) is 20.4. The molecule has 0 radical (unpaired) electrons. The summed E-state index contributed by atoms with van der Waals surface area (Å²) < 4.78 is 32.0. The first-order chi connectivity index (χ1) is 16.0. The molecule has 0 bridgehead atoms. The maximum absolute atomic E-state index is 12.2. The Morgan fingerprint density at radius 3 is 2.27 bits per heavy atom. The molecule has 0 fully saturated rings. The molecule has 0 heterocycles. The summed E-state index contributed by atoms with van der Waals surface area (Å²) in [5.41, 5.74) is 1.66. The van der Waals surface area contributed by atoms with Gasteiger partial charge in [0.25, 0.3) is 0 Å². The standard InChI is InChI=1S/C24H28Cl2O7/c1-4-30-9-10-31-11-12-32-23-21(25)13-18(14-22(23)26)33-15-17-7-5-6-8-19(17)20(16-28-2)24(27)29-3/h5-8,13-14,16H,4,9-12,15H2,1-3H3/b20-16+. The highest BCUT2D eigenvalue weighted by Gasteiger charge is 2.17. The smallest absolute Gasteiger partial charge is 0.341 e. The molecule has 9 heteroatoms. The van der Waals surface area contributed by atoms with Crippen LogP contribution in [0.15, 0.2) is 42.7 Å². The molecule has 0 spiro atoms. The molecule has 2 aromatic rings. The number of ether oxygens (including phenoxy) is 6. The van der Waals surface area contributed by atoms with Crippen molar-refractivity contribution in [3.8, 4) is 11.5 Å². The third-order valence-electron chi connectivity index (χ3n) is 4.36. The largest absolute Gasteiger partial charge is 0.503 e. The minimum Gasteiger partial charge on any atom is -0.503 e. The fourth-order valence-electron chi connectivity index (χ4n) is 2.84. The number of methoxy groups -OCH3 is 2. The summed E-state index contributed by atoms with van der Waals surface area (Å²) in [6.45, 7) is 4.45. The number of carbonyl (C=O) groups excluding carboxylic acids is 1. The average Bonchev–Trinajstić information content (AvgIpc) is 2.82. The molecule has 7 nitrogen and oxygen atoms in total. The van der Waals surface area contributed by atoms with Crippen molar-refractivity contribution in [3.05, 3.63) is 63.8 Å². The van der Waals surface area contributed by atoms with Crippen LogP contribution in [0.3, 0.4) is 0 Å². The zero-order chi connectivity index (χ0) is 24.1. The summed E-state index contributed by atoms with van der Waals surface area (Å²) in [4.78, 5) is 12.2. The molecule has 0 aliphatic carbocycles. The second-order valence-corrected chi connectivity index (χ2v) is 7.39. The molecule has 0 saturated heterocycles. The van der Waals surface area contributed by atoms with Gasteiger partial charge in [-0.1, -0.05) is 47.5 Å². The van der Waals surface area contributed by atoms with Crippen molar-refractivity contribution in [2.45, 2.75) is 13.5 Å². The summed E-state index contributed by atoms with van der Waals surface area (Å²) in [7, 11) is 2.77. The normalized spacial score (nSPS) is 11.2. The maximum Gasteiger partial charge on any atom is 0.341 e. The van der Waals surface area contributed by atoms with Crippen molar-refractivity contribution >= 4 is 34.7 Å². The maximum atomic E-state index is 12.2. The number of halogens is 2. The van der Waals surface area contributed by atoms with Crippen LogP contribution in [0.25, 0.3) is 5.57 Å². The van der Waals surface area contributed by atoms with Gasteiger partial charge in [-0.15, -0.1) is 0 Å². The minimum absolute atomic E-state index is 0.161. The Balaban J connectivity index is 2.03. The van der Waals surface area contributed by atoms with Crippen LogP contribution in [0.1, 0.15) is 18.1 Å². The molecule has 2 aromatic carbocycles. The molecule has 0 amide bonds. The van der Waals surface area contributed by atoms with Crippen LogP contribution in [0.4, 0.5) is 0 Å². The number of hydrogen-bond donors (Lipinski definition) is 0. The van der Waals surface area contributed by atoms with E-state index >= 15 is 0 Å². The second-order valence-electron chi connectivity index (χ2n) is 6.58. The molecule has 0 atom stereocenters. The van der Waals surface area contributed by atoms with Crippen LogP contribution in [0, 0.1) is 0 Å². The van der Waals surface area contributed by atoms with Crippen molar-refractivity contribution < 1.29 is 33.2 Å². The van der Waals surface area contributed by atoms with Gasteiger partial charge in [0.1, 0.15) is 24.5 Å². The van der Waals surface area contributed by atoms with Gasteiger partial charge in [-0.25, -0.2) is 4.79 Å². The number of benzene rings is 2. The lowest BCUT2D eigenvalue weighted by atomic mass is 10.0. The summed E-state index contributed by atoms with van der Waals surface area (Å²) in [6.07, 6.45) is 1.34. The van der Waals surface area contributed by atoms with E-state index in [-0.39, 0.29) is 12.2 Å². The van der Waals surface area contributed by atoms with E-state index in [0.29, 0.717) is 60.1 Å². The third kappa shape index (κ3) is 8.44. The predicted octanol–water partition coefficient (Wildman–Crippen LogP) is 5.16. The van der Waals surface area contributed by atoms with E-state index in [9.17, 15) is 4.79 Å². The van der Waals surface area contributed by atoms with Crippen molar-refractivity contribution in [2.24, 2.45) is 0 Å². The Hall–Kier alpha value is -2.45. The number of carbonyl (C=O) groups is 1. The van der Waals surface area contributed by atoms with E-state index in [1.54, 1.807) is 18.2 Å². The molecule has 0 saturated carbocycles. The molecule has 0 aliphatic rings. The Bertz CT molecular complexity index is 908. The van der Waals surface area contributed by atoms with Crippen molar-refractivity contribution in [3.63, 3.8) is 0 Å². The van der Waals surface area contributed by atoms with Gasteiger partial charge >= 0.3 is 5.97 Å². The molecule has 33 heavy (non-hydrogen) atoms. The molecular weight excluding hydrogens is 471 g/mol. The van der Waals surface area contributed by atoms with Crippen LogP contribution in [0.5, 0.6) is 11.5 Å². The monoisotopic (exact) mass is 498 g/mol. The topological polar surface area (TPSA) is 72.5 Å². The highest BCUT2D eigenvalue weighted by molar-refractivity contribution is 6.37. The molecule has 2 rings (SSSR count). The van der Waals surface area contributed by atoms with Gasteiger partial charge in [0.15, 0.2) is 5.75 Å². The average molecular weight is 499 g/mol. The van der Waals surface area contributed by atoms with E-state index in [0.717, 1.165) is 5.56 Å². The summed E-state index contributed by atoms with van der Waals surface area (Å²) in [5.74, 6) is 0.296. The van der Waals surface area contributed by atoms with E-state index in [4.69, 9.17) is 51.6 Å². The van der Waals surface area contributed by atoms with E-state index in [1.165, 1.54) is 20.5 Å². The number of hydrogen-bond acceptors (Lipinski definition) is 7. The van der Waals surface area contributed by atoms with E-state index < -0.39 is 5.97 Å². The van der Waals surface area contributed by atoms with E-state index in [2.05, 4.69) is 0 Å². The van der Waals surface area contributed by atoms with Crippen molar-refractivity contribution in [2.75, 3.05) is 47.3 Å². The number of esters is 1. The molecule has 0 unspecified atom stereocenters. The van der Waals surface area contributed by atoms with Gasteiger partial charge in [0.05, 0.1) is 50.3 Å². The van der Waals surface area contributed by atoms with Crippen LogP contribution < -0.4 is 9.47 Å². The van der Waals surface area contributed by atoms with Crippen molar-refractivity contribution in [1.82, 2.24) is 0 Å². The first kappa shape index (κ1) is 26.8. The molecule has 0 N–H and O–H groups in total. The SMILES string of the molecule is CCOCCOCCOc1c(Cl)cc(OCc2ccccc2/C(=C\OC)C(=O)OC)cc1Cl. The van der Waals surface area contributed by atoms with Gasteiger partial charge in [-0.05, 0) is 18.1 Å². The molecule has 0 aromatic heterocycles. The highest BCUT2D eigenvalue weighted by Crippen LogP contribution is 2.37. The minimum atomic E-state index is -0.515. The first-order valence-corrected chi connectivity index (χ1v) is 11.1. The second kappa shape index (κ2) is 14.6. The summed E-state index contributed by atoms with van der Waals surface area (Å²) in [5, 5.41) is 0.629. The Kier molecular flexibility index (Phi) is 11.9. The fraction of sp³-hybridized carbons (Fsp3) is 0.375. The lowest BCUT2D eigenvalue weighted by Gasteiger charge is -2.15. The third-order valence-corrected chi connectivity index (χ3v) is 4.93. The molecule has 180 valence electrons. The van der Waals surface area contributed by atoms with Crippen LogP contribution in [0.2, 0.25) is 10.0 Å². The zero-order valence-electron chi connectivity index (χ0n) is 18.9. The van der Waals surface area contributed by atoms with Gasteiger partial charge in [-0.3, -0.25) is 0 Å². The van der Waals surface area contributed by atoms with E-state index in [1.807, 2.05) is 25.1 Å². The number of rotatable bonds is 14. The molecule has 0 aliphatic heterocycles. The predicted molar refractivity (Wildman–Crippen MR) is 127 cm³/mol. The van der Waals surface area contributed by atoms with Crippen LogP contribution in [-0.2, 0) is 30.3 Å². The first-order valence-electron chi connectivity index (χ1n) is 10.3. The summed E-state index contributed by atoms with van der Waals surface area (Å²) >= 11 is 12.7. The molecular formula is C24H28Cl2O7. The van der Waals surface area contributed by atoms with Crippen LogP contribution >= 0.6 is 23.2 Å².